The Labute approximate surface area is 91.8 Å². The first-order chi connectivity index (χ1) is 7.27. The van der Waals surface area contributed by atoms with Gasteiger partial charge in [0.2, 0.25) is 0 Å². The number of nitrogens with one attached hydrogen (secondary N) is 1. The lowest BCUT2D eigenvalue weighted by molar-refractivity contribution is 0.101. The summed E-state index contributed by atoms with van der Waals surface area (Å²) in [6.07, 6.45) is 6.52. The van der Waals surface area contributed by atoms with Gasteiger partial charge in [-0.1, -0.05) is 0 Å². The minimum Gasteiger partial charge on any atom is -0.497 e. The zero-order valence-electron chi connectivity index (χ0n) is 9.66. The van der Waals surface area contributed by atoms with Crippen LogP contribution in [-0.4, -0.2) is 25.9 Å². The fraction of sp³-hybridized carbons (Fsp3) is 0.818. The quantitative estimate of drug-likeness (QED) is 0.517. The molecule has 4 nitrogen and oxygen atoms in total. The van der Waals surface area contributed by atoms with Gasteiger partial charge < -0.3 is 9.47 Å². The van der Waals surface area contributed by atoms with Gasteiger partial charge in [0.1, 0.15) is 5.76 Å². The monoisotopic (exact) mass is 214 g/mol. The van der Waals surface area contributed by atoms with Gasteiger partial charge in [0.05, 0.1) is 18.8 Å². The van der Waals surface area contributed by atoms with Crippen molar-refractivity contribution in [2.24, 2.45) is 5.84 Å². The molecule has 1 aliphatic heterocycles. The van der Waals surface area contributed by atoms with E-state index in [1.54, 1.807) is 7.11 Å². The van der Waals surface area contributed by atoms with E-state index < -0.39 is 0 Å². The number of allylic oxidation sites excluding steroid dienone is 1. The van der Waals surface area contributed by atoms with E-state index >= 15 is 0 Å². The lowest BCUT2D eigenvalue weighted by Crippen LogP contribution is -2.38. The van der Waals surface area contributed by atoms with Crippen LogP contribution in [0.4, 0.5) is 0 Å². The molecule has 0 aliphatic carbocycles. The molecule has 0 saturated carbocycles. The molecule has 2 unspecified atom stereocenters. The summed E-state index contributed by atoms with van der Waals surface area (Å²) in [6, 6.07) is 0.128. The Balaban J connectivity index is 2.37. The van der Waals surface area contributed by atoms with Gasteiger partial charge in [0.15, 0.2) is 0 Å². The van der Waals surface area contributed by atoms with Crippen molar-refractivity contribution in [1.29, 1.82) is 0 Å². The average molecular weight is 214 g/mol. The summed E-state index contributed by atoms with van der Waals surface area (Å²) in [4.78, 5) is 0. The molecular weight excluding hydrogens is 192 g/mol. The van der Waals surface area contributed by atoms with E-state index in [-0.39, 0.29) is 12.1 Å². The van der Waals surface area contributed by atoms with E-state index in [0.29, 0.717) is 0 Å². The van der Waals surface area contributed by atoms with Crippen LogP contribution in [-0.2, 0) is 9.47 Å². The Morgan fingerprint density at radius 2 is 2.40 bits per heavy atom. The molecule has 1 rings (SSSR count). The number of methoxy groups -OCH3 is 1. The Kier molecular flexibility index (Phi) is 5.68. The predicted octanol–water partition coefficient (Wildman–Crippen LogP) is 1.33. The molecule has 0 bridgehead atoms. The van der Waals surface area contributed by atoms with Crippen LogP contribution in [0.2, 0.25) is 0 Å². The Hall–Kier alpha value is -0.580. The largest absolute Gasteiger partial charge is 0.497 e. The number of nitrogens with two attached hydrogens (primary N) is 1. The van der Waals surface area contributed by atoms with Crippen LogP contribution in [0.1, 0.15) is 32.6 Å². The third-order valence-electron chi connectivity index (χ3n) is 2.77. The number of hydrogen-bond acceptors (Lipinski definition) is 4. The third-order valence-corrected chi connectivity index (χ3v) is 2.77. The van der Waals surface area contributed by atoms with Gasteiger partial charge >= 0.3 is 0 Å². The van der Waals surface area contributed by atoms with Crippen molar-refractivity contribution < 1.29 is 9.47 Å². The van der Waals surface area contributed by atoms with Gasteiger partial charge in [0.25, 0.3) is 0 Å². The summed E-state index contributed by atoms with van der Waals surface area (Å²) in [6.45, 7) is 2.87. The SMILES string of the molecule is COC(C)CCC(NN)C1=CCCCO1. The maximum atomic E-state index is 5.57. The molecule has 4 heteroatoms. The standard InChI is InChI=1S/C11H22N2O2/c1-9(14-2)6-7-10(13-12)11-5-3-4-8-15-11/h5,9-10,13H,3-4,6-8,12H2,1-2H3. The summed E-state index contributed by atoms with van der Waals surface area (Å²) in [5.74, 6) is 6.51. The Morgan fingerprint density at radius 3 is 2.93 bits per heavy atom. The second kappa shape index (κ2) is 6.82. The van der Waals surface area contributed by atoms with Gasteiger partial charge in [-0.05, 0) is 38.7 Å². The molecule has 1 aliphatic rings. The summed E-state index contributed by atoms with van der Waals surface area (Å²) in [5, 5.41) is 0. The number of ether oxygens (including phenoxy) is 2. The van der Waals surface area contributed by atoms with Crippen molar-refractivity contribution in [3.05, 3.63) is 11.8 Å². The van der Waals surface area contributed by atoms with Crippen LogP contribution in [0.3, 0.4) is 0 Å². The highest BCUT2D eigenvalue weighted by atomic mass is 16.5. The molecular formula is C11H22N2O2. The topological polar surface area (TPSA) is 56.5 Å². The highest BCUT2D eigenvalue weighted by molar-refractivity contribution is 5.04. The molecule has 3 N–H and O–H groups in total. The second-order valence-electron chi connectivity index (χ2n) is 3.94. The van der Waals surface area contributed by atoms with Crippen LogP contribution in [0.5, 0.6) is 0 Å². The van der Waals surface area contributed by atoms with Crippen LogP contribution in [0.25, 0.3) is 0 Å². The number of hydrazine groups is 1. The van der Waals surface area contributed by atoms with Crippen molar-refractivity contribution >= 4 is 0 Å². The average Bonchev–Trinajstić information content (AvgIpc) is 2.31. The van der Waals surface area contributed by atoms with E-state index in [0.717, 1.165) is 38.0 Å². The first-order valence-corrected chi connectivity index (χ1v) is 5.59. The lowest BCUT2D eigenvalue weighted by atomic mass is 10.1. The van der Waals surface area contributed by atoms with Gasteiger partial charge in [-0.25, -0.2) is 5.43 Å². The molecule has 0 fully saturated rings. The van der Waals surface area contributed by atoms with E-state index in [1.165, 1.54) is 0 Å². The zero-order valence-corrected chi connectivity index (χ0v) is 9.66. The Morgan fingerprint density at radius 1 is 1.60 bits per heavy atom. The summed E-state index contributed by atoms with van der Waals surface area (Å²) in [7, 11) is 1.73. The van der Waals surface area contributed by atoms with Crippen molar-refractivity contribution in [1.82, 2.24) is 5.43 Å². The Bertz CT molecular complexity index is 207. The van der Waals surface area contributed by atoms with Crippen molar-refractivity contribution in [3.8, 4) is 0 Å². The molecule has 0 aromatic heterocycles. The molecule has 0 aromatic rings. The summed E-state index contributed by atoms with van der Waals surface area (Å²) in [5.41, 5.74) is 2.80. The first-order valence-electron chi connectivity index (χ1n) is 5.59. The van der Waals surface area contributed by atoms with Gasteiger partial charge in [0, 0.05) is 7.11 Å². The van der Waals surface area contributed by atoms with Gasteiger partial charge in [-0.15, -0.1) is 0 Å². The maximum absolute atomic E-state index is 5.57. The smallest absolute Gasteiger partial charge is 0.110 e. The van der Waals surface area contributed by atoms with E-state index in [1.807, 2.05) is 0 Å². The fourth-order valence-corrected chi connectivity index (χ4v) is 1.65. The van der Waals surface area contributed by atoms with Crippen LogP contribution < -0.4 is 11.3 Å². The zero-order chi connectivity index (χ0) is 11.1. The number of rotatable bonds is 6. The van der Waals surface area contributed by atoms with E-state index in [2.05, 4.69) is 18.4 Å². The number of hydrogen-bond donors (Lipinski definition) is 2. The van der Waals surface area contributed by atoms with E-state index in [4.69, 9.17) is 15.3 Å². The minimum absolute atomic E-state index is 0.128. The van der Waals surface area contributed by atoms with Crippen molar-refractivity contribution in [2.75, 3.05) is 13.7 Å². The van der Waals surface area contributed by atoms with Gasteiger partial charge in [-0.2, -0.15) is 0 Å². The lowest BCUT2D eigenvalue weighted by Gasteiger charge is -2.24. The molecule has 0 aromatic carbocycles. The molecule has 1 heterocycles. The molecule has 0 spiro atoms. The van der Waals surface area contributed by atoms with Gasteiger partial charge in [-0.3, -0.25) is 5.84 Å². The first kappa shape index (κ1) is 12.5. The molecule has 0 saturated heterocycles. The maximum Gasteiger partial charge on any atom is 0.110 e. The summed E-state index contributed by atoms with van der Waals surface area (Å²) < 4.78 is 10.8. The third kappa shape index (κ3) is 4.20. The molecule has 15 heavy (non-hydrogen) atoms. The van der Waals surface area contributed by atoms with Crippen LogP contribution in [0, 0.1) is 0 Å². The normalized spacial score (nSPS) is 20.3. The summed E-state index contributed by atoms with van der Waals surface area (Å²) >= 11 is 0. The van der Waals surface area contributed by atoms with Crippen molar-refractivity contribution in [2.45, 2.75) is 44.8 Å². The highest BCUT2D eigenvalue weighted by Gasteiger charge is 2.17. The molecule has 88 valence electrons. The highest BCUT2D eigenvalue weighted by Crippen LogP contribution is 2.17. The van der Waals surface area contributed by atoms with Crippen LogP contribution >= 0.6 is 0 Å². The molecule has 0 radical (unpaired) electrons. The van der Waals surface area contributed by atoms with Crippen molar-refractivity contribution in [3.63, 3.8) is 0 Å². The molecule has 0 amide bonds. The van der Waals surface area contributed by atoms with Crippen LogP contribution in [0.15, 0.2) is 11.8 Å². The second-order valence-corrected chi connectivity index (χ2v) is 3.94. The molecule has 2 atom stereocenters. The fourth-order valence-electron chi connectivity index (χ4n) is 1.65. The van der Waals surface area contributed by atoms with E-state index in [9.17, 15) is 0 Å². The predicted molar refractivity (Wildman–Crippen MR) is 60.1 cm³/mol. The minimum atomic E-state index is 0.128.